The molecule has 0 spiro atoms. The predicted molar refractivity (Wildman–Crippen MR) is 82.4 cm³/mol. The number of sulfone groups is 1. The van der Waals surface area contributed by atoms with Gasteiger partial charge in [0.2, 0.25) is 0 Å². The minimum absolute atomic E-state index is 0.0302. The van der Waals surface area contributed by atoms with Crippen molar-refractivity contribution in [2.24, 2.45) is 5.73 Å². The zero-order chi connectivity index (χ0) is 17.4. The Kier molecular flexibility index (Phi) is 4.58. The maximum absolute atomic E-state index is 13.6. The number of pyridine rings is 1. The van der Waals surface area contributed by atoms with Crippen LogP contribution in [-0.4, -0.2) is 25.1 Å². The molecule has 122 valence electrons. The highest BCUT2D eigenvalue weighted by Gasteiger charge is 2.15. The summed E-state index contributed by atoms with van der Waals surface area (Å²) in [7, 11) is -3.72. The number of rotatable bonds is 4. The van der Waals surface area contributed by atoms with Crippen LogP contribution in [0.4, 0.5) is 4.39 Å². The summed E-state index contributed by atoms with van der Waals surface area (Å²) < 4.78 is 38.0. The molecule has 0 saturated carbocycles. The van der Waals surface area contributed by atoms with Gasteiger partial charge in [0.05, 0.1) is 10.6 Å². The van der Waals surface area contributed by atoms with Crippen LogP contribution in [0.5, 0.6) is 0 Å². The van der Waals surface area contributed by atoms with Crippen molar-refractivity contribution in [2.75, 3.05) is 6.26 Å². The van der Waals surface area contributed by atoms with E-state index >= 15 is 0 Å². The fourth-order valence-corrected chi connectivity index (χ4v) is 3.07. The van der Waals surface area contributed by atoms with Crippen LogP contribution in [0.25, 0.3) is 0 Å². The lowest BCUT2D eigenvalue weighted by molar-refractivity contribution is 0.0997. The number of hydrogen-bond donors (Lipinski definition) is 2. The minimum atomic E-state index is -3.72. The molecule has 1 amide bonds. The van der Waals surface area contributed by atoms with Crippen molar-refractivity contribution in [1.29, 1.82) is 5.41 Å². The van der Waals surface area contributed by atoms with Crippen molar-refractivity contribution < 1.29 is 17.6 Å². The van der Waals surface area contributed by atoms with E-state index in [1.807, 2.05) is 0 Å². The Hall–Kier alpha value is -2.19. The predicted octanol–water partition coefficient (Wildman–Crippen LogP) is 1.31. The Balaban J connectivity index is 2.53. The van der Waals surface area contributed by atoms with Crippen LogP contribution in [0.3, 0.4) is 0 Å². The summed E-state index contributed by atoms with van der Waals surface area (Å²) in [5.41, 5.74) is 5.38. The van der Waals surface area contributed by atoms with Crippen LogP contribution in [0.2, 0.25) is 5.02 Å². The second-order valence-electron chi connectivity index (χ2n) is 4.95. The molecule has 0 aliphatic rings. The fourth-order valence-electron chi connectivity index (χ4n) is 2.05. The van der Waals surface area contributed by atoms with Crippen molar-refractivity contribution in [3.05, 3.63) is 57.9 Å². The van der Waals surface area contributed by atoms with Crippen molar-refractivity contribution in [2.45, 2.75) is 11.4 Å². The van der Waals surface area contributed by atoms with Crippen LogP contribution < -0.4 is 11.2 Å². The molecule has 2 rings (SSSR count). The third-order valence-electron chi connectivity index (χ3n) is 3.12. The molecule has 1 aromatic carbocycles. The summed E-state index contributed by atoms with van der Waals surface area (Å²) in [5.74, 6) is -1.65. The van der Waals surface area contributed by atoms with Gasteiger partial charge >= 0.3 is 0 Å². The Morgan fingerprint density at radius 2 is 2.04 bits per heavy atom. The van der Waals surface area contributed by atoms with E-state index in [2.05, 4.69) is 0 Å². The van der Waals surface area contributed by atoms with Gasteiger partial charge in [0, 0.05) is 19.0 Å². The average molecular weight is 358 g/mol. The number of carbonyl (C=O) groups excluding carboxylic acids is 1. The van der Waals surface area contributed by atoms with Gasteiger partial charge in [-0.2, -0.15) is 0 Å². The van der Waals surface area contributed by atoms with Crippen LogP contribution in [0, 0.1) is 11.2 Å². The quantitative estimate of drug-likeness (QED) is 0.861. The number of nitrogens with two attached hydrogens (primary N) is 1. The fraction of sp³-hybridized carbons (Fsp3) is 0.143. The molecule has 0 aliphatic carbocycles. The molecule has 0 bridgehead atoms. The highest BCUT2D eigenvalue weighted by molar-refractivity contribution is 7.90. The van der Waals surface area contributed by atoms with Crippen LogP contribution in [-0.2, 0) is 16.4 Å². The van der Waals surface area contributed by atoms with Gasteiger partial charge in [-0.3, -0.25) is 10.2 Å². The highest BCUT2D eigenvalue weighted by Crippen LogP contribution is 2.17. The maximum Gasteiger partial charge on any atom is 0.252 e. The van der Waals surface area contributed by atoms with Crippen LogP contribution >= 0.6 is 11.6 Å². The Labute approximate surface area is 136 Å². The number of halogens is 2. The van der Waals surface area contributed by atoms with Gasteiger partial charge in [0.15, 0.2) is 9.84 Å². The first kappa shape index (κ1) is 17.2. The van der Waals surface area contributed by atoms with Gasteiger partial charge < -0.3 is 10.3 Å². The van der Waals surface area contributed by atoms with Crippen LogP contribution in [0.15, 0.2) is 35.4 Å². The molecule has 6 nitrogen and oxygen atoms in total. The Morgan fingerprint density at radius 3 is 2.61 bits per heavy atom. The number of nitrogens with one attached hydrogen (secondary N) is 1. The number of benzene rings is 1. The Bertz CT molecular complexity index is 954. The largest absolute Gasteiger partial charge is 0.365 e. The van der Waals surface area contributed by atoms with Crippen molar-refractivity contribution in [3.8, 4) is 0 Å². The molecule has 0 radical (unpaired) electrons. The standard InChI is InChI=1S/C14H13ClFN3O3S/c1-23(21,22)12-4-8(2-3-11(12)16)6-19-7-9(15)5-10(13(19)17)14(18)20/h2-5,7,17H,6H2,1H3,(H2,18,20). The molecule has 0 fully saturated rings. The van der Waals surface area contributed by atoms with E-state index in [1.54, 1.807) is 0 Å². The minimum Gasteiger partial charge on any atom is -0.365 e. The molecule has 0 aliphatic heterocycles. The van der Waals surface area contributed by atoms with E-state index in [4.69, 9.17) is 22.7 Å². The maximum atomic E-state index is 13.6. The summed E-state index contributed by atoms with van der Waals surface area (Å²) in [6.45, 7) is 0.0302. The van der Waals surface area contributed by atoms with E-state index in [0.29, 0.717) is 5.56 Å². The summed E-state index contributed by atoms with van der Waals surface area (Å²) >= 11 is 5.89. The highest BCUT2D eigenvalue weighted by atomic mass is 35.5. The summed E-state index contributed by atoms with van der Waals surface area (Å²) in [5, 5.41) is 8.15. The van der Waals surface area contributed by atoms with E-state index in [0.717, 1.165) is 12.3 Å². The molecule has 0 atom stereocenters. The second kappa shape index (κ2) is 6.13. The normalized spacial score (nSPS) is 11.4. The van der Waals surface area contributed by atoms with E-state index in [9.17, 15) is 17.6 Å². The van der Waals surface area contributed by atoms with Crippen molar-refractivity contribution >= 4 is 27.3 Å². The molecule has 3 N–H and O–H groups in total. The first-order valence-corrected chi connectivity index (χ1v) is 8.59. The van der Waals surface area contributed by atoms with Gasteiger partial charge in [-0.05, 0) is 23.8 Å². The van der Waals surface area contributed by atoms with Crippen molar-refractivity contribution in [1.82, 2.24) is 4.57 Å². The molecule has 0 saturated heterocycles. The smallest absolute Gasteiger partial charge is 0.252 e. The summed E-state index contributed by atoms with van der Waals surface area (Å²) in [4.78, 5) is 10.9. The molecular weight excluding hydrogens is 345 g/mol. The first-order chi connectivity index (χ1) is 10.6. The lowest BCUT2D eigenvalue weighted by Crippen LogP contribution is -2.29. The average Bonchev–Trinajstić information content (AvgIpc) is 2.43. The van der Waals surface area contributed by atoms with Crippen LogP contribution in [0.1, 0.15) is 15.9 Å². The monoisotopic (exact) mass is 357 g/mol. The Morgan fingerprint density at radius 1 is 1.39 bits per heavy atom. The van der Waals surface area contributed by atoms with Crippen molar-refractivity contribution in [3.63, 3.8) is 0 Å². The molecule has 2 aromatic rings. The molecular formula is C14H13ClFN3O3S. The first-order valence-electron chi connectivity index (χ1n) is 6.32. The number of nitrogens with zero attached hydrogens (tertiary/aromatic N) is 1. The number of hydrogen-bond acceptors (Lipinski definition) is 4. The van der Waals surface area contributed by atoms with Gasteiger partial charge in [-0.25, -0.2) is 12.8 Å². The van der Waals surface area contributed by atoms with E-state index in [1.165, 1.54) is 29.0 Å². The molecule has 1 heterocycles. The number of primary amides is 1. The van der Waals surface area contributed by atoms with Gasteiger partial charge in [-0.1, -0.05) is 17.7 Å². The van der Waals surface area contributed by atoms with Gasteiger partial charge in [0.1, 0.15) is 16.2 Å². The van der Waals surface area contributed by atoms with E-state index < -0.39 is 26.5 Å². The zero-order valence-corrected chi connectivity index (χ0v) is 13.6. The summed E-state index contributed by atoms with van der Waals surface area (Å²) in [6, 6.07) is 4.88. The van der Waals surface area contributed by atoms with E-state index in [-0.39, 0.29) is 22.6 Å². The van der Waals surface area contributed by atoms with Gasteiger partial charge in [0.25, 0.3) is 5.91 Å². The van der Waals surface area contributed by atoms with Gasteiger partial charge in [-0.15, -0.1) is 0 Å². The molecule has 23 heavy (non-hydrogen) atoms. The number of aromatic nitrogens is 1. The molecule has 0 unspecified atom stereocenters. The SMILES string of the molecule is CS(=O)(=O)c1cc(Cn2cc(Cl)cc(C(N)=O)c2=N)ccc1F. The topological polar surface area (TPSA) is 106 Å². The molecule has 9 heteroatoms. The second-order valence-corrected chi connectivity index (χ2v) is 7.37. The lowest BCUT2D eigenvalue weighted by Gasteiger charge is -2.11. The summed E-state index contributed by atoms with van der Waals surface area (Å²) in [6.07, 6.45) is 2.31. The lowest BCUT2D eigenvalue weighted by atomic mass is 10.2. The molecule has 1 aromatic heterocycles. The third-order valence-corrected chi connectivity index (χ3v) is 4.44. The zero-order valence-electron chi connectivity index (χ0n) is 12.0. The number of carbonyl (C=O) groups is 1. The third kappa shape index (κ3) is 3.77. The number of amides is 1.